The SMILES string of the molecule is C=C(NC1=CCCC=C1)c1sc2nc(N3CCOCC3)c3c(c2c1N)CC(C)(C)OC3. The van der Waals surface area contributed by atoms with Crippen LogP contribution < -0.4 is 16.0 Å². The number of fused-ring (bicyclic) bond motifs is 3. The van der Waals surface area contributed by atoms with Crippen molar-refractivity contribution in [2.24, 2.45) is 0 Å². The first kappa shape index (κ1) is 20.5. The van der Waals surface area contributed by atoms with E-state index in [0.717, 1.165) is 83.6 Å². The lowest BCUT2D eigenvalue weighted by Gasteiger charge is -2.36. The number of rotatable bonds is 4. The predicted octanol–water partition coefficient (Wildman–Crippen LogP) is 4.36. The molecule has 0 bridgehead atoms. The zero-order valence-electron chi connectivity index (χ0n) is 18.3. The van der Waals surface area contributed by atoms with Crippen molar-refractivity contribution >= 4 is 38.8 Å². The number of ether oxygens (including phenoxy) is 2. The summed E-state index contributed by atoms with van der Waals surface area (Å²) in [5, 5.41) is 4.51. The lowest BCUT2D eigenvalue weighted by Crippen LogP contribution is -2.39. The Hall–Kier alpha value is -2.35. The van der Waals surface area contributed by atoms with Gasteiger partial charge in [-0.05, 0) is 38.3 Å². The van der Waals surface area contributed by atoms with Crippen molar-refractivity contribution < 1.29 is 9.47 Å². The molecule has 0 saturated carbocycles. The van der Waals surface area contributed by atoms with E-state index in [1.165, 1.54) is 11.1 Å². The number of thiophene rings is 1. The van der Waals surface area contributed by atoms with Crippen LogP contribution >= 0.6 is 11.3 Å². The molecule has 164 valence electrons. The van der Waals surface area contributed by atoms with Crippen LogP contribution in [0.2, 0.25) is 0 Å². The van der Waals surface area contributed by atoms with Gasteiger partial charge in [-0.15, -0.1) is 11.3 Å². The van der Waals surface area contributed by atoms with Gasteiger partial charge < -0.3 is 25.4 Å². The van der Waals surface area contributed by atoms with Crippen molar-refractivity contribution in [1.82, 2.24) is 10.3 Å². The van der Waals surface area contributed by atoms with Crippen molar-refractivity contribution in [3.8, 4) is 0 Å². The highest BCUT2D eigenvalue weighted by molar-refractivity contribution is 7.20. The molecular weight excluding hydrogens is 408 g/mol. The Morgan fingerprint density at radius 3 is 2.81 bits per heavy atom. The number of nitrogens with zero attached hydrogens (tertiary/aromatic N) is 2. The van der Waals surface area contributed by atoms with E-state index in [9.17, 15) is 0 Å². The van der Waals surface area contributed by atoms with Crippen molar-refractivity contribution in [2.75, 3.05) is 36.9 Å². The fourth-order valence-corrected chi connectivity index (χ4v) is 5.59. The largest absolute Gasteiger partial charge is 0.397 e. The van der Waals surface area contributed by atoms with E-state index in [-0.39, 0.29) is 5.60 Å². The van der Waals surface area contributed by atoms with Crippen LogP contribution in [-0.2, 0) is 22.5 Å². The van der Waals surface area contributed by atoms with Crippen LogP contribution in [0.15, 0.2) is 30.5 Å². The average molecular weight is 439 g/mol. The topological polar surface area (TPSA) is 72.6 Å². The van der Waals surface area contributed by atoms with Gasteiger partial charge in [-0.25, -0.2) is 4.98 Å². The second-order valence-corrected chi connectivity index (χ2v) is 9.98. The molecule has 7 heteroatoms. The van der Waals surface area contributed by atoms with E-state index in [2.05, 4.69) is 48.9 Å². The summed E-state index contributed by atoms with van der Waals surface area (Å²) in [4.78, 5) is 9.36. The fourth-order valence-electron chi connectivity index (χ4n) is 4.54. The fraction of sp³-hybridized carbons (Fsp3) is 0.458. The van der Waals surface area contributed by atoms with Gasteiger partial charge in [0.05, 0.1) is 41.7 Å². The Morgan fingerprint density at radius 1 is 1.26 bits per heavy atom. The number of pyridine rings is 1. The van der Waals surface area contributed by atoms with Crippen molar-refractivity contribution in [3.05, 3.63) is 46.5 Å². The minimum absolute atomic E-state index is 0.231. The quantitative estimate of drug-likeness (QED) is 0.739. The third-order valence-electron chi connectivity index (χ3n) is 6.15. The lowest BCUT2D eigenvalue weighted by molar-refractivity contribution is -0.0396. The molecule has 0 radical (unpaired) electrons. The summed E-state index contributed by atoms with van der Waals surface area (Å²) < 4.78 is 11.8. The molecule has 0 unspecified atom stereocenters. The van der Waals surface area contributed by atoms with Crippen molar-refractivity contribution in [3.63, 3.8) is 0 Å². The van der Waals surface area contributed by atoms with E-state index < -0.39 is 0 Å². The summed E-state index contributed by atoms with van der Waals surface area (Å²) in [7, 11) is 0. The molecule has 0 aromatic carbocycles. The normalized spacial score (nSPS) is 20.5. The standard InChI is InChI=1S/C24H30N4O2S/c1-15(26-16-7-5-4-6-8-16)21-20(25)19-17-13-24(2,3)30-14-18(17)22(27-23(19)31-21)28-9-11-29-12-10-28/h5,7-8,26H,1,4,6,9-14,25H2,2-3H3. The minimum atomic E-state index is -0.231. The van der Waals surface area contributed by atoms with E-state index >= 15 is 0 Å². The molecule has 1 fully saturated rings. The van der Waals surface area contributed by atoms with Gasteiger partial charge in [0.2, 0.25) is 0 Å². The zero-order valence-corrected chi connectivity index (χ0v) is 19.1. The van der Waals surface area contributed by atoms with Gasteiger partial charge in [-0.2, -0.15) is 0 Å². The van der Waals surface area contributed by atoms with Crippen LogP contribution in [0, 0.1) is 0 Å². The predicted molar refractivity (Wildman–Crippen MR) is 128 cm³/mol. The van der Waals surface area contributed by atoms with Gasteiger partial charge in [0.1, 0.15) is 10.6 Å². The van der Waals surface area contributed by atoms with Crippen LogP contribution in [-0.4, -0.2) is 36.9 Å². The molecule has 0 spiro atoms. The molecular formula is C24H30N4O2S. The number of allylic oxidation sites excluding steroid dienone is 3. The first-order chi connectivity index (χ1) is 14.9. The number of anilines is 2. The third-order valence-corrected chi connectivity index (χ3v) is 7.31. The molecule has 2 aromatic heterocycles. The highest BCUT2D eigenvalue weighted by Gasteiger charge is 2.33. The average Bonchev–Trinajstić information content (AvgIpc) is 3.10. The second-order valence-electron chi connectivity index (χ2n) is 8.98. The van der Waals surface area contributed by atoms with Gasteiger partial charge >= 0.3 is 0 Å². The number of morpholine rings is 1. The first-order valence-electron chi connectivity index (χ1n) is 11.0. The number of nitrogens with one attached hydrogen (secondary N) is 1. The molecule has 0 atom stereocenters. The second kappa shape index (κ2) is 7.97. The molecule has 2 aromatic rings. The summed E-state index contributed by atoms with van der Waals surface area (Å²) in [6.45, 7) is 12.3. The molecule has 3 N–H and O–H groups in total. The van der Waals surface area contributed by atoms with E-state index in [4.69, 9.17) is 20.2 Å². The third kappa shape index (κ3) is 3.86. The number of hydrogen-bond donors (Lipinski definition) is 2. The maximum Gasteiger partial charge on any atom is 0.136 e. The Morgan fingerprint density at radius 2 is 2.06 bits per heavy atom. The molecule has 1 aliphatic carbocycles. The molecule has 5 rings (SSSR count). The number of nitrogen functional groups attached to an aromatic ring is 1. The Labute approximate surface area is 187 Å². The molecule has 6 nitrogen and oxygen atoms in total. The molecule has 0 amide bonds. The van der Waals surface area contributed by atoms with E-state index in [0.29, 0.717) is 6.61 Å². The Kier molecular flexibility index (Phi) is 5.28. The van der Waals surface area contributed by atoms with Crippen LogP contribution in [0.1, 0.15) is 42.7 Å². The van der Waals surface area contributed by atoms with E-state index in [1.54, 1.807) is 11.3 Å². The zero-order chi connectivity index (χ0) is 21.6. The van der Waals surface area contributed by atoms with Gasteiger partial charge in [0, 0.05) is 36.2 Å². The number of aromatic nitrogens is 1. The molecule has 4 heterocycles. The Bertz CT molecular complexity index is 1090. The summed E-state index contributed by atoms with van der Waals surface area (Å²) in [5.41, 5.74) is 11.6. The van der Waals surface area contributed by atoms with Gasteiger partial charge in [-0.1, -0.05) is 18.7 Å². The van der Waals surface area contributed by atoms with Crippen LogP contribution in [0.4, 0.5) is 11.5 Å². The van der Waals surface area contributed by atoms with Crippen molar-refractivity contribution in [1.29, 1.82) is 0 Å². The number of nitrogens with two attached hydrogens (primary N) is 1. The summed E-state index contributed by atoms with van der Waals surface area (Å²) in [5.74, 6) is 1.02. The number of hydrogen-bond acceptors (Lipinski definition) is 7. The minimum Gasteiger partial charge on any atom is -0.397 e. The summed E-state index contributed by atoms with van der Waals surface area (Å²) in [6, 6.07) is 0. The van der Waals surface area contributed by atoms with Gasteiger partial charge in [-0.3, -0.25) is 0 Å². The molecule has 2 aliphatic heterocycles. The maximum atomic E-state index is 6.74. The monoisotopic (exact) mass is 438 g/mol. The van der Waals surface area contributed by atoms with Crippen LogP contribution in [0.5, 0.6) is 0 Å². The molecule has 1 saturated heterocycles. The van der Waals surface area contributed by atoms with Gasteiger partial charge in [0.25, 0.3) is 0 Å². The van der Waals surface area contributed by atoms with E-state index in [1.807, 2.05) is 0 Å². The van der Waals surface area contributed by atoms with Crippen molar-refractivity contribution in [2.45, 2.75) is 45.3 Å². The summed E-state index contributed by atoms with van der Waals surface area (Å²) in [6.07, 6.45) is 9.42. The highest BCUT2D eigenvalue weighted by atomic mass is 32.1. The molecule has 3 aliphatic rings. The van der Waals surface area contributed by atoms with Crippen LogP contribution in [0.3, 0.4) is 0 Å². The summed E-state index contributed by atoms with van der Waals surface area (Å²) >= 11 is 1.62. The Balaban J connectivity index is 1.61. The maximum absolute atomic E-state index is 6.74. The van der Waals surface area contributed by atoms with Gasteiger partial charge in [0.15, 0.2) is 0 Å². The first-order valence-corrected chi connectivity index (χ1v) is 11.8. The smallest absolute Gasteiger partial charge is 0.136 e. The highest BCUT2D eigenvalue weighted by Crippen LogP contribution is 2.45. The molecule has 31 heavy (non-hydrogen) atoms. The lowest BCUT2D eigenvalue weighted by atomic mass is 9.89. The van der Waals surface area contributed by atoms with Crippen LogP contribution in [0.25, 0.3) is 15.9 Å².